The van der Waals surface area contributed by atoms with Crippen molar-refractivity contribution in [1.82, 2.24) is 9.55 Å². The van der Waals surface area contributed by atoms with Crippen molar-refractivity contribution in [1.29, 1.82) is 0 Å². The van der Waals surface area contributed by atoms with E-state index in [1.165, 1.54) is 15.9 Å². The van der Waals surface area contributed by atoms with E-state index in [4.69, 9.17) is 4.74 Å². The zero-order valence-electron chi connectivity index (χ0n) is 12.6. The summed E-state index contributed by atoms with van der Waals surface area (Å²) >= 11 is 1.47. The summed E-state index contributed by atoms with van der Waals surface area (Å²) in [6.45, 7) is 7.09. The van der Waals surface area contributed by atoms with Gasteiger partial charge in [-0.1, -0.05) is 13.3 Å². The van der Waals surface area contributed by atoms with Gasteiger partial charge in [0.25, 0.3) is 5.56 Å². The first-order valence-electron chi connectivity index (χ1n) is 7.34. The van der Waals surface area contributed by atoms with Crippen LogP contribution in [0.3, 0.4) is 0 Å². The van der Waals surface area contributed by atoms with Crippen LogP contribution in [0.15, 0.2) is 9.59 Å². The van der Waals surface area contributed by atoms with Crippen LogP contribution < -0.4 is 11.2 Å². The third-order valence-electron chi connectivity index (χ3n) is 3.95. The molecule has 0 radical (unpaired) electrons. The normalized spacial score (nSPS) is 17.1. The van der Waals surface area contributed by atoms with Gasteiger partial charge in [0.1, 0.15) is 4.83 Å². The molecule has 0 atom stereocenters. The van der Waals surface area contributed by atoms with E-state index in [0.29, 0.717) is 29.8 Å². The van der Waals surface area contributed by atoms with E-state index in [-0.39, 0.29) is 16.9 Å². The highest BCUT2D eigenvalue weighted by Crippen LogP contribution is 2.36. The summed E-state index contributed by atoms with van der Waals surface area (Å²) in [5.41, 5.74) is 0.326. The lowest BCUT2D eigenvalue weighted by Gasteiger charge is -2.29. The molecule has 5 nitrogen and oxygen atoms in total. The minimum atomic E-state index is -0.306. The average molecular weight is 308 g/mol. The highest BCUT2D eigenvalue weighted by molar-refractivity contribution is 7.18. The predicted octanol–water partition coefficient (Wildman–Crippen LogP) is 2.40. The first-order valence-corrected chi connectivity index (χ1v) is 8.16. The number of nitrogens with zero attached hydrogens (tertiary/aromatic N) is 1. The minimum Gasteiger partial charge on any atom is -0.370 e. The van der Waals surface area contributed by atoms with Crippen molar-refractivity contribution in [3.63, 3.8) is 0 Å². The molecule has 2 aromatic rings. The standard InChI is InChI=1S/C15H20N2O3S/c1-4-5-6-17-13(18)11-9-7-15(2,3)20-8-10(9)21-12(11)16-14(17)19/h4-8H2,1-3H3,(H,16,19). The van der Waals surface area contributed by atoms with Gasteiger partial charge in [0.2, 0.25) is 0 Å². The van der Waals surface area contributed by atoms with Gasteiger partial charge in [0, 0.05) is 17.8 Å². The van der Waals surface area contributed by atoms with Gasteiger partial charge in [0.15, 0.2) is 0 Å². The van der Waals surface area contributed by atoms with Crippen LogP contribution in [0.2, 0.25) is 0 Å². The summed E-state index contributed by atoms with van der Waals surface area (Å²) in [7, 11) is 0. The zero-order chi connectivity index (χ0) is 15.2. The molecular formula is C15H20N2O3S. The Labute approximate surface area is 126 Å². The molecule has 2 aromatic heterocycles. The number of aromatic amines is 1. The fourth-order valence-corrected chi connectivity index (χ4v) is 3.89. The summed E-state index contributed by atoms with van der Waals surface area (Å²) in [6.07, 6.45) is 2.49. The lowest BCUT2D eigenvalue weighted by atomic mass is 9.94. The Balaban J connectivity index is 2.22. The molecule has 1 aliphatic heterocycles. The highest BCUT2D eigenvalue weighted by atomic mass is 32.1. The van der Waals surface area contributed by atoms with E-state index in [1.807, 2.05) is 20.8 Å². The first kappa shape index (κ1) is 14.5. The molecule has 6 heteroatoms. The molecule has 0 saturated heterocycles. The summed E-state index contributed by atoms with van der Waals surface area (Å²) in [5.74, 6) is 0. The Morgan fingerprint density at radius 1 is 1.38 bits per heavy atom. The van der Waals surface area contributed by atoms with Crippen LogP contribution in [0.5, 0.6) is 0 Å². The molecule has 0 bridgehead atoms. The molecule has 1 aliphatic rings. The van der Waals surface area contributed by atoms with Crippen molar-refractivity contribution < 1.29 is 4.74 Å². The van der Waals surface area contributed by atoms with Gasteiger partial charge in [-0.3, -0.25) is 14.3 Å². The summed E-state index contributed by atoms with van der Waals surface area (Å²) in [6, 6.07) is 0. The van der Waals surface area contributed by atoms with E-state index in [1.54, 1.807) is 0 Å². The number of H-pyrrole nitrogens is 1. The van der Waals surface area contributed by atoms with Gasteiger partial charge in [-0.05, 0) is 25.8 Å². The zero-order valence-corrected chi connectivity index (χ0v) is 13.4. The second-order valence-corrected chi connectivity index (χ2v) is 7.28. The number of nitrogens with one attached hydrogen (secondary N) is 1. The minimum absolute atomic E-state index is 0.155. The van der Waals surface area contributed by atoms with Crippen molar-refractivity contribution >= 4 is 21.6 Å². The number of aromatic nitrogens is 2. The van der Waals surface area contributed by atoms with Crippen molar-refractivity contribution in [2.45, 2.75) is 58.8 Å². The Morgan fingerprint density at radius 3 is 2.86 bits per heavy atom. The number of hydrogen-bond acceptors (Lipinski definition) is 4. The second-order valence-electron chi connectivity index (χ2n) is 6.17. The molecular weight excluding hydrogens is 288 g/mol. The largest absolute Gasteiger partial charge is 0.370 e. The van der Waals surface area contributed by atoms with Gasteiger partial charge < -0.3 is 4.74 Å². The van der Waals surface area contributed by atoms with E-state index >= 15 is 0 Å². The third kappa shape index (κ3) is 2.46. The van der Waals surface area contributed by atoms with Crippen LogP contribution >= 0.6 is 11.3 Å². The molecule has 0 unspecified atom stereocenters. The SMILES string of the molecule is CCCCn1c(=O)[nH]c2sc3c(c2c1=O)CC(C)(C)OC3. The fourth-order valence-electron chi connectivity index (χ4n) is 2.78. The molecule has 0 spiro atoms. The lowest BCUT2D eigenvalue weighted by molar-refractivity contribution is -0.0379. The summed E-state index contributed by atoms with van der Waals surface area (Å²) in [4.78, 5) is 29.4. The number of rotatable bonds is 3. The monoisotopic (exact) mass is 308 g/mol. The molecule has 0 aromatic carbocycles. The molecule has 3 rings (SSSR count). The Bertz CT molecular complexity index is 798. The topological polar surface area (TPSA) is 64.1 Å². The van der Waals surface area contributed by atoms with Crippen molar-refractivity contribution in [2.75, 3.05) is 0 Å². The van der Waals surface area contributed by atoms with Crippen molar-refractivity contribution in [3.8, 4) is 0 Å². The third-order valence-corrected chi connectivity index (χ3v) is 5.07. The van der Waals surface area contributed by atoms with Gasteiger partial charge in [-0.25, -0.2) is 4.79 Å². The van der Waals surface area contributed by atoms with Gasteiger partial charge in [-0.15, -0.1) is 11.3 Å². The smallest absolute Gasteiger partial charge is 0.329 e. The van der Waals surface area contributed by atoms with Crippen LogP contribution in [0, 0.1) is 0 Å². The number of fused-ring (bicyclic) bond motifs is 3. The van der Waals surface area contributed by atoms with Crippen molar-refractivity contribution in [2.24, 2.45) is 0 Å². The maximum atomic E-state index is 12.7. The van der Waals surface area contributed by atoms with E-state index in [2.05, 4.69) is 4.98 Å². The highest BCUT2D eigenvalue weighted by Gasteiger charge is 2.30. The quantitative estimate of drug-likeness (QED) is 0.947. The molecule has 0 saturated carbocycles. The lowest BCUT2D eigenvalue weighted by Crippen LogP contribution is -2.36. The molecule has 0 aliphatic carbocycles. The molecule has 3 heterocycles. The molecule has 21 heavy (non-hydrogen) atoms. The van der Waals surface area contributed by atoms with Crippen LogP contribution in [0.1, 0.15) is 44.1 Å². The molecule has 114 valence electrons. The van der Waals surface area contributed by atoms with Crippen LogP contribution in [-0.2, 0) is 24.3 Å². The summed E-state index contributed by atoms with van der Waals surface area (Å²) < 4.78 is 7.13. The van der Waals surface area contributed by atoms with Gasteiger partial charge in [0.05, 0.1) is 17.6 Å². The Morgan fingerprint density at radius 2 is 2.14 bits per heavy atom. The van der Waals surface area contributed by atoms with E-state index < -0.39 is 0 Å². The number of hydrogen-bond donors (Lipinski definition) is 1. The number of ether oxygens (including phenoxy) is 1. The van der Waals surface area contributed by atoms with E-state index in [0.717, 1.165) is 23.3 Å². The molecule has 0 amide bonds. The molecule has 1 N–H and O–H groups in total. The van der Waals surface area contributed by atoms with Crippen LogP contribution in [0.4, 0.5) is 0 Å². The maximum absolute atomic E-state index is 12.7. The Hall–Kier alpha value is -1.40. The number of thiophene rings is 1. The fraction of sp³-hybridized carbons (Fsp3) is 0.600. The van der Waals surface area contributed by atoms with Gasteiger partial charge >= 0.3 is 5.69 Å². The predicted molar refractivity (Wildman–Crippen MR) is 84.2 cm³/mol. The molecule has 0 fully saturated rings. The summed E-state index contributed by atoms with van der Waals surface area (Å²) in [5, 5.41) is 0.682. The van der Waals surface area contributed by atoms with E-state index in [9.17, 15) is 9.59 Å². The van der Waals surface area contributed by atoms with Crippen molar-refractivity contribution in [3.05, 3.63) is 31.3 Å². The van der Waals surface area contributed by atoms with Gasteiger partial charge in [-0.2, -0.15) is 0 Å². The van der Waals surface area contributed by atoms with Crippen LogP contribution in [0.25, 0.3) is 10.2 Å². The maximum Gasteiger partial charge on any atom is 0.329 e. The van der Waals surface area contributed by atoms with Crippen LogP contribution in [-0.4, -0.2) is 15.2 Å². The number of unbranched alkanes of at least 4 members (excludes halogenated alkanes) is 1. The second kappa shape index (κ2) is 5.10. The Kier molecular flexibility index (Phi) is 3.53. The average Bonchev–Trinajstić information content (AvgIpc) is 2.74. The first-order chi connectivity index (χ1) is 9.93.